The molecule has 34 heavy (non-hydrogen) atoms. The van der Waals surface area contributed by atoms with Gasteiger partial charge in [0.15, 0.2) is 5.43 Å². The zero-order valence-electron chi connectivity index (χ0n) is 18.9. The highest BCUT2D eigenvalue weighted by atomic mass is 32.2. The van der Waals surface area contributed by atoms with Gasteiger partial charge in [-0.05, 0) is 55.3 Å². The minimum Gasteiger partial charge on any atom is -0.370 e. The van der Waals surface area contributed by atoms with Crippen LogP contribution in [0.1, 0.15) is 22.8 Å². The number of rotatable bonds is 5. The molecule has 174 valence electrons. The van der Waals surface area contributed by atoms with Gasteiger partial charge in [-0.15, -0.1) is 0 Å². The Morgan fingerprint density at radius 2 is 1.85 bits per heavy atom. The SMILES string of the molecule is CC(Cc1cccc(N2CCSCC2)c1)NC(=O)c1cc2[nH]c3ccccc3c(=O)c2cc1F. The maximum atomic E-state index is 14.9. The summed E-state index contributed by atoms with van der Waals surface area (Å²) >= 11 is 1.98. The van der Waals surface area contributed by atoms with Crippen LogP contribution >= 0.6 is 11.8 Å². The number of carbonyl (C=O) groups excluding carboxylic acids is 1. The Hall–Kier alpha value is -3.32. The van der Waals surface area contributed by atoms with Gasteiger partial charge in [0.05, 0.1) is 11.1 Å². The third kappa shape index (κ3) is 4.53. The minimum atomic E-state index is -0.706. The van der Waals surface area contributed by atoms with Crippen molar-refractivity contribution < 1.29 is 9.18 Å². The van der Waals surface area contributed by atoms with Gasteiger partial charge >= 0.3 is 0 Å². The van der Waals surface area contributed by atoms with E-state index in [1.165, 1.54) is 11.8 Å². The zero-order valence-corrected chi connectivity index (χ0v) is 19.8. The first-order valence-corrected chi connectivity index (χ1v) is 12.6. The first kappa shape index (κ1) is 22.5. The number of para-hydroxylation sites is 1. The van der Waals surface area contributed by atoms with Crippen molar-refractivity contribution in [2.45, 2.75) is 19.4 Å². The standard InChI is InChI=1S/C27H26FN3O2S/c1-17(13-18-5-4-6-19(14-18)31-9-11-34-12-10-31)29-27(33)21-16-25-22(15-23(21)28)26(32)20-7-2-3-8-24(20)30-25/h2-8,14-17H,9-13H2,1H3,(H,29,33)(H,30,32). The Morgan fingerprint density at radius 3 is 2.68 bits per heavy atom. The van der Waals surface area contributed by atoms with E-state index in [1.54, 1.807) is 18.2 Å². The molecule has 1 aliphatic rings. The number of fused-ring (bicyclic) bond motifs is 2. The number of hydrogen-bond donors (Lipinski definition) is 2. The van der Waals surface area contributed by atoms with E-state index in [0.717, 1.165) is 36.2 Å². The summed E-state index contributed by atoms with van der Waals surface area (Å²) < 4.78 is 14.9. The van der Waals surface area contributed by atoms with Gasteiger partial charge in [0.2, 0.25) is 0 Å². The van der Waals surface area contributed by atoms with Crippen LogP contribution in [0.25, 0.3) is 21.8 Å². The fourth-order valence-corrected chi connectivity index (χ4v) is 5.43. The van der Waals surface area contributed by atoms with Crippen molar-refractivity contribution in [3.63, 3.8) is 0 Å². The number of amides is 1. The van der Waals surface area contributed by atoms with Crippen LogP contribution in [0, 0.1) is 5.82 Å². The highest BCUT2D eigenvalue weighted by molar-refractivity contribution is 7.99. The fraction of sp³-hybridized carbons (Fsp3) is 0.259. The predicted octanol–water partition coefficient (Wildman–Crippen LogP) is 4.73. The van der Waals surface area contributed by atoms with Crippen molar-refractivity contribution in [2.24, 2.45) is 0 Å². The molecule has 0 saturated carbocycles. The van der Waals surface area contributed by atoms with E-state index >= 15 is 0 Å². The molecule has 7 heteroatoms. The number of hydrogen-bond acceptors (Lipinski definition) is 4. The molecule has 1 aliphatic heterocycles. The second kappa shape index (κ2) is 9.50. The summed E-state index contributed by atoms with van der Waals surface area (Å²) in [5.74, 6) is 1.07. The highest BCUT2D eigenvalue weighted by Crippen LogP contribution is 2.22. The van der Waals surface area contributed by atoms with Crippen LogP contribution in [0.5, 0.6) is 0 Å². The predicted molar refractivity (Wildman–Crippen MR) is 139 cm³/mol. The average molecular weight is 476 g/mol. The average Bonchev–Trinajstić information content (AvgIpc) is 2.85. The molecular formula is C27H26FN3O2S. The number of benzene rings is 3. The number of pyridine rings is 1. The second-order valence-corrected chi connectivity index (χ2v) is 9.95. The van der Waals surface area contributed by atoms with Crippen LogP contribution in [0.3, 0.4) is 0 Å². The summed E-state index contributed by atoms with van der Waals surface area (Å²) in [6, 6.07) is 17.9. The lowest BCUT2D eigenvalue weighted by Crippen LogP contribution is -2.35. The molecular weight excluding hydrogens is 449 g/mol. The molecule has 1 amide bonds. The second-order valence-electron chi connectivity index (χ2n) is 8.73. The normalized spacial score (nSPS) is 14.9. The molecule has 4 aromatic rings. The number of thioether (sulfide) groups is 1. The summed E-state index contributed by atoms with van der Waals surface area (Å²) in [6.45, 7) is 3.99. The van der Waals surface area contributed by atoms with E-state index in [1.807, 2.05) is 30.8 Å². The Labute approximate surface area is 201 Å². The molecule has 2 N–H and O–H groups in total. The van der Waals surface area contributed by atoms with Gasteiger partial charge < -0.3 is 15.2 Å². The number of aromatic amines is 1. The van der Waals surface area contributed by atoms with Crippen LogP contribution in [0.2, 0.25) is 0 Å². The molecule has 0 bridgehead atoms. The number of halogens is 1. The third-order valence-electron chi connectivity index (χ3n) is 6.24. The monoisotopic (exact) mass is 475 g/mol. The van der Waals surface area contributed by atoms with Crippen molar-refractivity contribution in [1.82, 2.24) is 10.3 Å². The maximum Gasteiger partial charge on any atom is 0.254 e. The van der Waals surface area contributed by atoms with Gasteiger partial charge in [-0.3, -0.25) is 9.59 Å². The third-order valence-corrected chi connectivity index (χ3v) is 7.19. The first-order chi connectivity index (χ1) is 16.5. The van der Waals surface area contributed by atoms with Crippen LogP contribution in [-0.2, 0) is 6.42 Å². The zero-order chi connectivity index (χ0) is 23.7. The molecule has 0 radical (unpaired) electrons. The molecule has 1 atom stereocenters. The van der Waals surface area contributed by atoms with E-state index in [0.29, 0.717) is 22.8 Å². The number of anilines is 1. The van der Waals surface area contributed by atoms with Crippen LogP contribution in [0.4, 0.5) is 10.1 Å². The summed E-state index contributed by atoms with van der Waals surface area (Å²) in [7, 11) is 0. The molecule has 0 aliphatic carbocycles. The Bertz CT molecular complexity index is 1430. The van der Waals surface area contributed by atoms with Crippen LogP contribution in [-0.4, -0.2) is 41.5 Å². The fourth-order valence-electron chi connectivity index (χ4n) is 4.53. The van der Waals surface area contributed by atoms with Crippen molar-refractivity contribution >= 4 is 45.2 Å². The topological polar surface area (TPSA) is 65.2 Å². The Morgan fingerprint density at radius 1 is 1.06 bits per heavy atom. The Balaban J connectivity index is 1.34. The van der Waals surface area contributed by atoms with Gasteiger partial charge in [0.1, 0.15) is 5.82 Å². The molecule has 3 aromatic carbocycles. The number of nitrogens with zero attached hydrogens (tertiary/aromatic N) is 1. The first-order valence-electron chi connectivity index (χ1n) is 11.5. The quantitative estimate of drug-likeness (QED) is 0.410. The van der Waals surface area contributed by atoms with Gasteiger partial charge in [0, 0.05) is 52.6 Å². The molecule has 0 spiro atoms. The van der Waals surface area contributed by atoms with Crippen molar-refractivity contribution in [3.8, 4) is 0 Å². The van der Waals surface area contributed by atoms with E-state index in [4.69, 9.17) is 0 Å². The largest absolute Gasteiger partial charge is 0.370 e. The van der Waals surface area contributed by atoms with Gasteiger partial charge in [-0.25, -0.2) is 4.39 Å². The summed E-state index contributed by atoms with van der Waals surface area (Å²) in [6.07, 6.45) is 0.638. The molecule has 1 fully saturated rings. The van der Waals surface area contributed by atoms with Crippen molar-refractivity contribution in [2.75, 3.05) is 29.5 Å². The molecule has 1 unspecified atom stereocenters. The maximum absolute atomic E-state index is 14.9. The molecule has 1 aromatic heterocycles. The number of carbonyl (C=O) groups is 1. The number of aromatic nitrogens is 1. The summed E-state index contributed by atoms with van der Waals surface area (Å²) in [4.78, 5) is 31.2. The number of nitrogens with one attached hydrogen (secondary N) is 2. The van der Waals surface area contributed by atoms with Gasteiger partial charge in [-0.2, -0.15) is 11.8 Å². The lowest BCUT2D eigenvalue weighted by atomic mass is 10.0. The molecule has 2 heterocycles. The summed E-state index contributed by atoms with van der Waals surface area (Å²) in [5.41, 5.74) is 3.08. The van der Waals surface area contributed by atoms with E-state index in [2.05, 4.69) is 33.4 Å². The lowest BCUT2D eigenvalue weighted by Gasteiger charge is -2.29. The van der Waals surface area contributed by atoms with E-state index in [9.17, 15) is 14.0 Å². The van der Waals surface area contributed by atoms with Crippen LogP contribution < -0.4 is 15.6 Å². The van der Waals surface area contributed by atoms with E-state index in [-0.39, 0.29) is 22.4 Å². The van der Waals surface area contributed by atoms with E-state index < -0.39 is 11.7 Å². The van der Waals surface area contributed by atoms with Crippen LogP contribution in [0.15, 0.2) is 65.5 Å². The minimum absolute atomic E-state index is 0.0788. The Kier molecular flexibility index (Phi) is 6.28. The smallest absolute Gasteiger partial charge is 0.254 e. The molecule has 5 nitrogen and oxygen atoms in total. The highest BCUT2D eigenvalue weighted by Gasteiger charge is 2.18. The lowest BCUT2D eigenvalue weighted by molar-refractivity contribution is 0.0936. The number of H-pyrrole nitrogens is 1. The molecule has 5 rings (SSSR count). The summed E-state index contributed by atoms with van der Waals surface area (Å²) in [5, 5.41) is 3.63. The van der Waals surface area contributed by atoms with Crippen molar-refractivity contribution in [3.05, 3.63) is 87.8 Å². The van der Waals surface area contributed by atoms with Crippen molar-refractivity contribution in [1.29, 1.82) is 0 Å². The van der Waals surface area contributed by atoms with Gasteiger partial charge in [-0.1, -0.05) is 24.3 Å². The molecule has 1 saturated heterocycles. The van der Waals surface area contributed by atoms with Gasteiger partial charge in [0.25, 0.3) is 5.91 Å².